The molecular weight excluding hydrogens is 224 g/mol. The molecule has 1 aromatic carbocycles. The van der Waals surface area contributed by atoms with E-state index in [1.165, 1.54) is 12.3 Å². The van der Waals surface area contributed by atoms with Crippen LogP contribution in [0.4, 0.5) is 0 Å². The maximum Gasteiger partial charge on any atom is 0.269 e. The van der Waals surface area contributed by atoms with Crippen molar-refractivity contribution in [3.05, 3.63) is 29.8 Å². The van der Waals surface area contributed by atoms with Crippen LogP contribution in [0, 0.1) is 0 Å². The van der Waals surface area contributed by atoms with Crippen LogP contribution in [0.5, 0.6) is 0 Å². The summed E-state index contributed by atoms with van der Waals surface area (Å²) in [5.41, 5.74) is 0.431. The van der Waals surface area contributed by atoms with Crippen LogP contribution < -0.4 is 0 Å². The topological polar surface area (TPSA) is 71.4 Å². The highest BCUT2D eigenvalue weighted by Gasteiger charge is 2.07. The van der Waals surface area contributed by atoms with Crippen molar-refractivity contribution in [3.63, 3.8) is 0 Å². The summed E-state index contributed by atoms with van der Waals surface area (Å²) < 4.78 is 40.8. The van der Waals surface area contributed by atoms with Crippen LogP contribution in [0.2, 0.25) is 0 Å². The van der Waals surface area contributed by atoms with Crippen molar-refractivity contribution < 1.29 is 17.2 Å². The highest BCUT2D eigenvalue weighted by atomic mass is 32.2. The molecule has 4 nitrogen and oxygen atoms in total. The lowest BCUT2D eigenvalue weighted by Crippen LogP contribution is -2.02. The van der Waals surface area contributed by atoms with Gasteiger partial charge >= 0.3 is 0 Å². The first kappa shape index (κ1) is 11.4. The highest BCUT2D eigenvalue weighted by molar-refractivity contribution is 7.85. The molecule has 14 heavy (non-hydrogen) atoms. The fraction of sp³-hybridized carbons (Fsp3) is 0.250. The van der Waals surface area contributed by atoms with E-state index in [2.05, 4.69) is 0 Å². The van der Waals surface area contributed by atoms with Gasteiger partial charge in [0.05, 0.1) is 0 Å². The minimum absolute atomic E-state index is 0.431. The Morgan fingerprint density at radius 1 is 1.43 bits per heavy atom. The molecule has 0 saturated carbocycles. The van der Waals surface area contributed by atoms with Crippen LogP contribution in [0.25, 0.3) is 0 Å². The zero-order valence-electron chi connectivity index (χ0n) is 7.50. The molecule has 1 rings (SSSR count). The van der Waals surface area contributed by atoms with Crippen LogP contribution in [0.15, 0.2) is 29.2 Å². The fourth-order valence-electron chi connectivity index (χ4n) is 1.02. The third-order valence-corrected chi connectivity index (χ3v) is 3.20. The second-order valence-corrected chi connectivity index (χ2v) is 5.66. The smallest absolute Gasteiger partial charge is 0.269 e. The van der Waals surface area contributed by atoms with E-state index in [9.17, 15) is 12.6 Å². The predicted molar refractivity (Wildman–Crippen MR) is 54.0 cm³/mol. The number of benzene rings is 1. The van der Waals surface area contributed by atoms with E-state index in [1.54, 1.807) is 18.2 Å². The lowest BCUT2D eigenvalue weighted by Gasteiger charge is -2.00. The molecule has 1 aromatic rings. The van der Waals surface area contributed by atoms with Gasteiger partial charge in [0.1, 0.15) is 5.75 Å². The van der Waals surface area contributed by atoms with E-state index in [0.717, 1.165) is 0 Å². The standard InChI is InChI=1S/C8H10O4S2/c1-13(9)8-4-2-3-7(5-8)6-14(10,11)12/h2-5H,6H2,1H3,(H,10,11,12). The van der Waals surface area contributed by atoms with Crippen LogP contribution >= 0.6 is 0 Å². The summed E-state index contributed by atoms with van der Waals surface area (Å²) in [7, 11) is -5.16. The minimum Gasteiger partial charge on any atom is -0.285 e. The van der Waals surface area contributed by atoms with Gasteiger partial charge in [-0.15, -0.1) is 0 Å². The summed E-state index contributed by atoms with van der Waals surface area (Å²) in [5, 5.41) is 0. The first-order valence-electron chi connectivity index (χ1n) is 3.76. The normalized spacial score (nSPS) is 13.9. The van der Waals surface area contributed by atoms with Gasteiger partial charge in [-0.1, -0.05) is 12.1 Å². The van der Waals surface area contributed by atoms with Gasteiger partial charge in [0, 0.05) is 22.0 Å². The number of hydrogen-bond acceptors (Lipinski definition) is 3. The Kier molecular flexibility index (Phi) is 3.41. The fourth-order valence-corrected chi connectivity index (χ4v) is 2.21. The SMILES string of the molecule is CS(=O)c1cccc(CS(=O)(=O)O)c1. The molecule has 0 heterocycles. The summed E-state index contributed by atoms with van der Waals surface area (Å²) >= 11 is 0. The van der Waals surface area contributed by atoms with E-state index in [1.807, 2.05) is 0 Å². The van der Waals surface area contributed by atoms with Crippen molar-refractivity contribution in [3.8, 4) is 0 Å². The van der Waals surface area contributed by atoms with Crippen molar-refractivity contribution in [2.45, 2.75) is 10.6 Å². The molecule has 1 atom stereocenters. The Morgan fingerprint density at radius 3 is 2.57 bits per heavy atom. The maximum absolute atomic E-state index is 11.1. The molecule has 0 radical (unpaired) electrons. The van der Waals surface area contributed by atoms with Crippen LogP contribution in [0.3, 0.4) is 0 Å². The molecule has 1 unspecified atom stereocenters. The Balaban J connectivity index is 3.01. The Morgan fingerprint density at radius 2 is 2.07 bits per heavy atom. The lowest BCUT2D eigenvalue weighted by atomic mass is 10.2. The molecule has 0 spiro atoms. The van der Waals surface area contributed by atoms with Crippen molar-refractivity contribution in [2.75, 3.05) is 6.26 Å². The summed E-state index contributed by atoms with van der Waals surface area (Å²) in [6.07, 6.45) is 1.51. The quantitative estimate of drug-likeness (QED) is 0.786. The molecule has 0 saturated heterocycles. The van der Waals surface area contributed by atoms with Gasteiger partial charge in [0.25, 0.3) is 10.1 Å². The molecule has 0 amide bonds. The van der Waals surface area contributed by atoms with E-state index < -0.39 is 26.7 Å². The zero-order chi connectivity index (χ0) is 10.8. The van der Waals surface area contributed by atoms with Crippen molar-refractivity contribution in [1.29, 1.82) is 0 Å². The summed E-state index contributed by atoms with van der Waals surface area (Å²) in [4.78, 5) is 0.547. The molecule has 0 aliphatic heterocycles. The molecular formula is C8H10O4S2. The van der Waals surface area contributed by atoms with Gasteiger partial charge < -0.3 is 0 Å². The van der Waals surface area contributed by atoms with Gasteiger partial charge in [-0.05, 0) is 17.7 Å². The largest absolute Gasteiger partial charge is 0.285 e. The lowest BCUT2D eigenvalue weighted by molar-refractivity contribution is 0.482. The molecule has 0 bridgehead atoms. The third-order valence-electron chi connectivity index (χ3n) is 1.58. The van der Waals surface area contributed by atoms with E-state index in [4.69, 9.17) is 4.55 Å². The van der Waals surface area contributed by atoms with Gasteiger partial charge in [-0.25, -0.2) is 0 Å². The second-order valence-electron chi connectivity index (χ2n) is 2.83. The van der Waals surface area contributed by atoms with Crippen molar-refractivity contribution >= 4 is 20.9 Å². The Labute approximate surface area is 85.2 Å². The van der Waals surface area contributed by atoms with E-state index >= 15 is 0 Å². The Hall–Kier alpha value is -0.720. The molecule has 0 aliphatic carbocycles. The first-order chi connectivity index (χ1) is 6.38. The molecule has 6 heteroatoms. The minimum atomic E-state index is -4.02. The van der Waals surface area contributed by atoms with Crippen molar-refractivity contribution in [1.82, 2.24) is 0 Å². The predicted octanol–water partition coefficient (Wildman–Crippen LogP) is 0.812. The summed E-state index contributed by atoms with van der Waals surface area (Å²) in [6.45, 7) is 0. The molecule has 78 valence electrons. The summed E-state index contributed by atoms with van der Waals surface area (Å²) in [5.74, 6) is -0.446. The molecule has 0 aromatic heterocycles. The van der Waals surface area contributed by atoms with Crippen molar-refractivity contribution in [2.24, 2.45) is 0 Å². The average Bonchev–Trinajstić information content (AvgIpc) is 2.01. The van der Waals surface area contributed by atoms with E-state index in [-0.39, 0.29) is 0 Å². The number of rotatable bonds is 3. The maximum atomic E-state index is 11.1. The van der Waals surface area contributed by atoms with Gasteiger partial charge in [0.15, 0.2) is 0 Å². The van der Waals surface area contributed by atoms with Gasteiger partial charge in [0.2, 0.25) is 0 Å². The highest BCUT2D eigenvalue weighted by Crippen LogP contribution is 2.10. The van der Waals surface area contributed by atoms with Crippen LogP contribution in [-0.4, -0.2) is 23.4 Å². The molecule has 0 fully saturated rings. The number of hydrogen-bond donors (Lipinski definition) is 1. The second kappa shape index (κ2) is 4.20. The first-order valence-corrected chi connectivity index (χ1v) is 6.93. The summed E-state index contributed by atoms with van der Waals surface area (Å²) in [6, 6.07) is 6.31. The van der Waals surface area contributed by atoms with Gasteiger partial charge in [-0.2, -0.15) is 8.42 Å². The van der Waals surface area contributed by atoms with E-state index in [0.29, 0.717) is 10.5 Å². The van der Waals surface area contributed by atoms with Crippen LogP contribution in [-0.2, 0) is 26.7 Å². The molecule has 0 aliphatic rings. The monoisotopic (exact) mass is 234 g/mol. The Bertz CT molecular complexity index is 450. The van der Waals surface area contributed by atoms with Gasteiger partial charge in [-0.3, -0.25) is 8.76 Å². The zero-order valence-corrected chi connectivity index (χ0v) is 9.14. The average molecular weight is 234 g/mol. The molecule has 1 N–H and O–H groups in total. The third kappa shape index (κ3) is 3.57. The van der Waals surface area contributed by atoms with Crippen LogP contribution in [0.1, 0.15) is 5.56 Å².